The molecule has 4 rings (SSSR count). The van der Waals surface area contributed by atoms with Crippen LogP contribution in [0.25, 0.3) is 5.57 Å². The van der Waals surface area contributed by atoms with Crippen molar-refractivity contribution in [1.82, 2.24) is 0 Å². The van der Waals surface area contributed by atoms with Gasteiger partial charge in [-0.15, -0.1) is 0 Å². The molecular weight excluding hydrogens is 420 g/mol. The zero-order valence-electron chi connectivity index (χ0n) is 18.8. The number of hydrogen-bond donors (Lipinski definition) is 1. The van der Waals surface area contributed by atoms with Crippen molar-refractivity contribution in [2.45, 2.75) is 34.6 Å². The van der Waals surface area contributed by atoms with Crippen molar-refractivity contribution >= 4 is 40.4 Å². The first kappa shape index (κ1) is 21.8. The SMILES string of the molecule is Cc1ccc(C2=C(Nc3ccc(Cl)cc3C)C(=O)N(c3cc(C)ccc3C)C2=O)c(C)c1. The summed E-state index contributed by atoms with van der Waals surface area (Å²) < 4.78 is 0. The predicted molar refractivity (Wildman–Crippen MR) is 131 cm³/mol. The molecule has 0 saturated carbocycles. The van der Waals surface area contributed by atoms with Crippen LogP contribution >= 0.6 is 11.6 Å². The Morgan fingerprint density at radius 2 is 1.41 bits per heavy atom. The van der Waals surface area contributed by atoms with E-state index in [2.05, 4.69) is 5.32 Å². The van der Waals surface area contributed by atoms with Crippen LogP contribution in [0.3, 0.4) is 0 Å². The van der Waals surface area contributed by atoms with Gasteiger partial charge in [0.2, 0.25) is 0 Å². The van der Waals surface area contributed by atoms with Crippen LogP contribution in [-0.2, 0) is 9.59 Å². The molecule has 0 bridgehead atoms. The lowest BCUT2D eigenvalue weighted by Gasteiger charge is -2.19. The number of carbonyl (C=O) groups is 2. The van der Waals surface area contributed by atoms with E-state index in [1.165, 1.54) is 4.90 Å². The van der Waals surface area contributed by atoms with E-state index in [0.29, 0.717) is 16.3 Å². The number of carbonyl (C=O) groups excluding carboxylic acids is 2. The lowest BCUT2D eigenvalue weighted by atomic mass is 9.97. The predicted octanol–water partition coefficient (Wildman–Crippen LogP) is 6.28. The first-order valence-corrected chi connectivity index (χ1v) is 10.9. The molecule has 2 amide bonds. The second kappa shape index (κ2) is 8.29. The highest BCUT2D eigenvalue weighted by Gasteiger charge is 2.41. The molecule has 3 aromatic rings. The molecule has 1 aliphatic heterocycles. The zero-order chi connectivity index (χ0) is 23.2. The maximum atomic E-state index is 13.7. The average Bonchev–Trinajstić information content (AvgIpc) is 2.96. The van der Waals surface area contributed by atoms with Crippen LogP contribution in [-0.4, -0.2) is 11.8 Å². The van der Waals surface area contributed by atoms with Crippen molar-refractivity contribution in [3.05, 3.63) is 98.7 Å². The van der Waals surface area contributed by atoms with Gasteiger partial charge in [-0.05, 0) is 86.7 Å². The Kier molecular flexibility index (Phi) is 5.66. The number of imide groups is 1. The van der Waals surface area contributed by atoms with Gasteiger partial charge in [0.05, 0.1) is 11.3 Å². The minimum atomic E-state index is -0.368. The number of halogens is 1. The van der Waals surface area contributed by atoms with Crippen molar-refractivity contribution < 1.29 is 9.59 Å². The second-order valence-corrected chi connectivity index (χ2v) is 8.82. The monoisotopic (exact) mass is 444 g/mol. The molecule has 0 spiro atoms. The summed E-state index contributed by atoms with van der Waals surface area (Å²) in [6, 6.07) is 17.1. The minimum absolute atomic E-state index is 0.272. The van der Waals surface area contributed by atoms with Crippen molar-refractivity contribution in [2.75, 3.05) is 10.2 Å². The van der Waals surface area contributed by atoms with E-state index in [-0.39, 0.29) is 17.5 Å². The molecule has 32 heavy (non-hydrogen) atoms. The molecule has 0 unspecified atom stereocenters. The third-order valence-electron chi connectivity index (χ3n) is 5.79. The molecule has 0 aromatic heterocycles. The van der Waals surface area contributed by atoms with Crippen LogP contribution in [0.15, 0.2) is 60.3 Å². The minimum Gasteiger partial charge on any atom is -0.350 e. The highest BCUT2D eigenvalue weighted by molar-refractivity contribution is 6.46. The van der Waals surface area contributed by atoms with Gasteiger partial charge in [-0.25, -0.2) is 4.90 Å². The number of nitrogens with zero attached hydrogens (tertiary/aromatic N) is 1. The van der Waals surface area contributed by atoms with E-state index in [1.54, 1.807) is 6.07 Å². The molecule has 5 heteroatoms. The number of benzene rings is 3. The van der Waals surface area contributed by atoms with Crippen LogP contribution in [0.4, 0.5) is 11.4 Å². The Balaban J connectivity index is 1.90. The Morgan fingerprint density at radius 3 is 2.09 bits per heavy atom. The standard InChI is InChI=1S/C27H25ClN2O2/c1-15-7-10-21(18(4)12-15)24-25(29-22-11-9-20(28)14-19(22)5)27(32)30(26(24)31)23-13-16(2)6-8-17(23)3/h6-14,29H,1-5H3. The molecule has 0 atom stereocenters. The van der Waals surface area contributed by atoms with Gasteiger partial charge in [0.15, 0.2) is 0 Å². The number of nitrogens with one attached hydrogen (secondary N) is 1. The fourth-order valence-electron chi connectivity index (χ4n) is 4.07. The van der Waals surface area contributed by atoms with E-state index in [9.17, 15) is 9.59 Å². The molecular formula is C27H25ClN2O2. The van der Waals surface area contributed by atoms with Gasteiger partial charge in [0.25, 0.3) is 11.8 Å². The van der Waals surface area contributed by atoms with E-state index in [4.69, 9.17) is 11.6 Å². The van der Waals surface area contributed by atoms with E-state index in [0.717, 1.165) is 39.1 Å². The number of rotatable bonds is 4. The lowest BCUT2D eigenvalue weighted by Crippen LogP contribution is -2.33. The average molecular weight is 445 g/mol. The maximum Gasteiger partial charge on any atom is 0.282 e. The first-order chi connectivity index (χ1) is 15.2. The largest absolute Gasteiger partial charge is 0.350 e. The van der Waals surface area contributed by atoms with Gasteiger partial charge in [0.1, 0.15) is 5.70 Å². The summed E-state index contributed by atoms with van der Waals surface area (Å²) in [5.74, 6) is -0.696. The molecule has 0 fully saturated rings. The van der Waals surface area contributed by atoms with Crippen molar-refractivity contribution in [2.24, 2.45) is 0 Å². The Bertz CT molecular complexity index is 1310. The molecule has 162 valence electrons. The highest BCUT2D eigenvalue weighted by Crippen LogP contribution is 2.37. The molecule has 0 aliphatic carbocycles. The Morgan fingerprint density at radius 1 is 0.719 bits per heavy atom. The maximum absolute atomic E-state index is 13.7. The summed E-state index contributed by atoms with van der Waals surface area (Å²) in [6.07, 6.45) is 0. The van der Waals surface area contributed by atoms with Crippen LogP contribution in [0.5, 0.6) is 0 Å². The summed E-state index contributed by atoms with van der Waals surface area (Å²) in [4.78, 5) is 28.7. The van der Waals surface area contributed by atoms with Crippen molar-refractivity contribution in [3.63, 3.8) is 0 Å². The molecule has 3 aromatic carbocycles. The molecule has 0 radical (unpaired) electrons. The summed E-state index contributed by atoms with van der Waals surface area (Å²) in [5.41, 5.74) is 7.49. The Labute approximate surface area is 193 Å². The van der Waals surface area contributed by atoms with Gasteiger partial charge in [-0.1, -0.05) is 47.5 Å². The topological polar surface area (TPSA) is 49.4 Å². The van der Waals surface area contributed by atoms with Gasteiger partial charge >= 0.3 is 0 Å². The summed E-state index contributed by atoms with van der Waals surface area (Å²) in [6.45, 7) is 9.73. The molecule has 1 heterocycles. The smallest absolute Gasteiger partial charge is 0.282 e. The van der Waals surface area contributed by atoms with Crippen LogP contribution in [0.2, 0.25) is 5.02 Å². The zero-order valence-corrected chi connectivity index (χ0v) is 19.6. The van der Waals surface area contributed by atoms with E-state index < -0.39 is 0 Å². The van der Waals surface area contributed by atoms with Crippen LogP contribution in [0, 0.1) is 34.6 Å². The van der Waals surface area contributed by atoms with Gasteiger partial charge < -0.3 is 5.32 Å². The van der Waals surface area contributed by atoms with E-state index in [1.807, 2.05) is 83.1 Å². The van der Waals surface area contributed by atoms with Crippen molar-refractivity contribution in [1.29, 1.82) is 0 Å². The fraction of sp³-hybridized carbons (Fsp3) is 0.185. The van der Waals surface area contributed by atoms with Crippen LogP contribution < -0.4 is 10.2 Å². The van der Waals surface area contributed by atoms with Crippen molar-refractivity contribution in [3.8, 4) is 0 Å². The highest BCUT2D eigenvalue weighted by atomic mass is 35.5. The summed E-state index contributed by atoms with van der Waals surface area (Å²) >= 11 is 6.11. The lowest BCUT2D eigenvalue weighted by molar-refractivity contribution is -0.120. The number of amides is 2. The summed E-state index contributed by atoms with van der Waals surface area (Å²) in [5, 5.41) is 3.86. The third kappa shape index (κ3) is 3.82. The fourth-order valence-corrected chi connectivity index (χ4v) is 4.30. The number of aryl methyl sites for hydroxylation is 5. The molecule has 4 nitrogen and oxygen atoms in total. The number of hydrogen-bond acceptors (Lipinski definition) is 3. The summed E-state index contributed by atoms with van der Waals surface area (Å²) in [7, 11) is 0. The van der Waals surface area contributed by atoms with Crippen LogP contribution in [0.1, 0.15) is 33.4 Å². The molecule has 1 aliphatic rings. The van der Waals surface area contributed by atoms with E-state index >= 15 is 0 Å². The quantitative estimate of drug-likeness (QED) is 0.482. The second-order valence-electron chi connectivity index (χ2n) is 8.39. The van der Waals surface area contributed by atoms with Gasteiger partial charge in [-0.2, -0.15) is 0 Å². The van der Waals surface area contributed by atoms with Gasteiger partial charge in [-0.3, -0.25) is 9.59 Å². The normalized spacial score (nSPS) is 13.9. The number of anilines is 2. The Hall–Kier alpha value is -3.37. The first-order valence-electron chi connectivity index (χ1n) is 10.5. The molecule has 0 saturated heterocycles. The molecule has 1 N–H and O–H groups in total. The van der Waals surface area contributed by atoms with Gasteiger partial charge in [0, 0.05) is 10.7 Å². The third-order valence-corrected chi connectivity index (χ3v) is 6.02.